The second-order valence-electron chi connectivity index (χ2n) is 9.21. The molecule has 4 rings (SSSR count). The Morgan fingerprint density at radius 2 is 1.51 bits per heavy atom. The average Bonchev–Trinajstić information content (AvgIpc) is 3.19. The highest BCUT2D eigenvalue weighted by atomic mass is 19.3. The highest BCUT2D eigenvalue weighted by molar-refractivity contribution is 5.85. The summed E-state index contributed by atoms with van der Waals surface area (Å²) >= 11 is 0. The fourth-order valence-corrected chi connectivity index (χ4v) is 5.06. The minimum atomic E-state index is -4.06. The lowest BCUT2D eigenvalue weighted by atomic mass is 9.73. The first-order valence-electron chi connectivity index (χ1n) is 11.7. The molecular weight excluding hydrogens is 458 g/mol. The van der Waals surface area contributed by atoms with Gasteiger partial charge in [-0.1, -0.05) is 67.8 Å². The number of hydrogen-bond acceptors (Lipinski definition) is 4. The van der Waals surface area contributed by atoms with E-state index >= 15 is 0 Å². The second-order valence-corrected chi connectivity index (χ2v) is 9.21. The molecule has 2 aliphatic carbocycles. The molecule has 9 heteroatoms. The number of amides is 2. The summed E-state index contributed by atoms with van der Waals surface area (Å²) in [5.74, 6) is -7.16. The first kappa shape index (κ1) is 24.6. The smallest absolute Gasteiger partial charge is 0.407 e. The third-order valence-corrected chi connectivity index (χ3v) is 6.99. The fraction of sp³-hybridized carbons (Fsp3) is 0.423. The van der Waals surface area contributed by atoms with Crippen LogP contribution in [0.5, 0.6) is 0 Å². The zero-order valence-corrected chi connectivity index (χ0v) is 19.2. The first-order valence-corrected chi connectivity index (χ1v) is 11.7. The van der Waals surface area contributed by atoms with Gasteiger partial charge in [0, 0.05) is 12.5 Å². The standard InChI is InChI=1S/C26H28F2N2O5/c27-26(28,23(32)33)16-29-22(31)25(12-6-1-7-13-25)15-30-24(34)35-14-21-19-10-4-2-8-17(19)18-9-3-5-11-20(18)21/h2-5,8-11,21H,1,6-7,12-16H2,(H,29,31)(H,30,34)(H,32,33). The highest BCUT2D eigenvalue weighted by Crippen LogP contribution is 2.44. The molecule has 7 nitrogen and oxygen atoms in total. The van der Waals surface area contributed by atoms with Crippen LogP contribution in [-0.4, -0.2) is 48.7 Å². The first-order chi connectivity index (χ1) is 16.7. The monoisotopic (exact) mass is 486 g/mol. The average molecular weight is 487 g/mol. The van der Waals surface area contributed by atoms with Crippen LogP contribution in [0.1, 0.15) is 49.1 Å². The lowest BCUT2D eigenvalue weighted by molar-refractivity contribution is -0.164. The molecule has 0 radical (unpaired) electrons. The van der Waals surface area contributed by atoms with Crippen LogP contribution in [0.3, 0.4) is 0 Å². The third kappa shape index (κ3) is 5.13. The molecule has 1 saturated carbocycles. The van der Waals surface area contributed by atoms with E-state index in [0.717, 1.165) is 28.7 Å². The van der Waals surface area contributed by atoms with Crippen molar-refractivity contribution in [2.24, 2.45) is 5.41 Å². The molecule has 2 aromatic carbocycles. The molecule has 2 aliphatic rings. The van der Waals surface area contributed by atoms with Crippen molar-refractivity contribution in [3.8, 4) is 11.1 Å². The normalized spacial score (nSPS) is 16.6. The summed E-state index contributed by atoms with van der Waals surface area (Å²) in [6.45, 7) is -1.26. The minimum Gasteiger partial charge on any atom is -0.477 e. The number of carboxylic acids is 1. The van der Waals surface area contributed by atoms with Crippen molar-refractivity contribution in [2.75, 3.05) is 19.7 Å². The molecular formula is C26H28F2N2O5. The number of carboxylic acid groups (broad SMARTS) is 1. The third-order valence-electron chi connectivity index (χ3n) is 6.99. The van der Waals surface area contributed by atoms with E-state index in [2.05, 4.69) is 10.6 Å². The van der Waals surface area contributed by atoms with Crippen LogP contribution >= 0.6 is 0 Å². The van der Waals surface area contributed by atoms with Crippen LogP contribution in [-0.2, 0) is 14.3 Å². The van der Waals surface area contributed by atoms with Gasteiger partial charge in [0.2, 0.25) is 5.91 Å². The number of alkyl carbamates (subject to hydrolysis) is 1. The minimum absolute atomic E-state index is 0.0752. The van der Waals surface area contributed by atoms with Crippen LogP contribution in [0.25, 0.3) is 11.1 Å². The molecule has 0 aromatic heterocycles. The molecule has 1 fully saturated rings. The number of alkyl halides is 2. The molecule has 0 unspecified atom stereocenters. The zero-order chi connectivity index (χ0) is 25.1. The Morgan fingerprint density at radius 1 is 0.943 bits per heavy atom. The summed E-state index contributed by atoms with van der Waals surface area (Å²) in [7, 11) is 0. The van der Waals surface area contributed by atoms with Gasteiger partial charge >= 0.3 is 18.0 Å². The summed E-state index contributed by atoms with van der Waals surface area (Å²) in [4.78, 5) is 36.1. The Bertz CT molecular complexity index is 1070. The number of rotatable bonds is 8. The molecule has 0 spiro atoms. The van der Waals surface area contributed by atoms with Gasteiger partial charge < -0.3 is 20.5 Å². The van der Waals surface area contributed by atoms with Gasteiger partial charge in [0.25, 0.3) is 0 Å². The van der Waals surface area contributed by atoms with Crippen molar-refractivity contribution in [2.45, 2.75) is 43.9 Å². The largest absolute Gasteiger partial charge is 0.477 e. The molecule has 35 heavy (non-hydrogen) atoms. The van der Waals surface area contributed by atoms with Crippen LogP contribution in [0.2, 0.25) is 0 Å². The number of fused-ring (bicyclic) bond motifs is 3. The van der Waals surface area contributed by atoms with Crippen LogP contribution < -0.4 is 10.6 Å². The van der Waals surface area contributed by atoms with E-state index in [1.165, 1.54) is 0 Å². The molecule has 2 amide bonds. The summed E-state index contributed by atoms with van der Waals surface area (Å²) in [5.41, 5.74) is 3.27. The highest BCUT2D eigenvalue weighted by Gasteiger charge is 2.44. The fourth-order valence-electron chi connectivity index (χ4n) is 5.06. The summed E-state index contributed by atoms with van der Waals surface area (Å²) < 4.78 is 32.5. The van der Waals surface area contributed by atoms with Crippen LogP contribution in [0.4, 0.5) is 13.6 Å². The van der Waals surface area contributed by atoms with Crippen molar-refractivity contribution in [3.05, 3.63) is 59.7 Å². The van der Waals surface area contributed by atoms with Gasteiger partial charge in [0.05, 0.1) is 12.0 Å². The predicted molar refractivity (Wildman–Crippen MR) is 124 cm³/mol. The predicted octanol–water partition coefficient (Wildman–Crippen LogP) is 4.31. The molecule has 0 saturated heterocycles. The van der Waals surface area contributed by atoms with Crippen molar-refractivity contribution in [1.29, 1.82) is 0 Å². The van der Waals surface area contributed by atoms with Crippen LogP contribution in [0.15, 0.2) is 48.5 Å². The van der Waals surface area contributed by atoms with Gasteiger partial charge in [-0.3, -0.25) is 4.79 Å². The lowest BCUT2D eigenvalue weighted by Crippen LogP contribution is -2.52. The van der Waals surface area contributed by atoms with Gasteiger partial charge in [-0.05, 0) is 35.1 Å². The Hall–Kier alpha value is -3.49. The molecule has 0 aliphatic heterocycles. The van der Waals surface area contributed by atoms with E-state index in [1.54, 1.807) is 0 Å². The maximum absolute atomic E-state index is 13.5. The van der Waals surface area contributed by atoms with Crippen molar-refractivity contribution in [1.82, 2.24) is 10.6 Å². The Kier molecular flexibility index (Phi) is 7.05. The van der Waals surface area contributed by atoms with Gasteiger partial charge in [-0.25, -0.2) is 9.59 Å². The molecule has 3 N–H and O–H groups in total. The van der Waals surface area contributed by atoms with Gasteiger partial charge in [-0.2, -0.15) is 8.78 Å². The number of carbonyl (C=O) groups excluding carboxylic acids is 2. The molecule has 0 atom stereocenters. The number of hydrogen-bond donors (Lipinski definition) is 3. The number of aliphatic carboxylic acids is 1. The maximum Gasteiger partial charge on any atom is 0.407 e. The van der Waals surface area contributed by atoms with E-state index in [0.29, 0.717) is 25.7 Å². The van der Waals surface area contributed by atoms with Crippen molar-refractivity contribution < 1.29 is 33.0 Å². The molecule has 2 aromatic rings. The summed E-state index contributed by atoms with van der Waals surface area (Å²) in [5, 5.41) is 13.3. The van der Waals surface area contributed by atoms with Gasteiger partial charge in [-0.15, -0.1) is 0 Å². The Labute approximate surface area is 201 Å². The van der Waals surface area contributed by atoms with Crippen LogP contribution in [0, 0.1) is 5.41 Å². The Morgan fingerprint density at radius 3 is 2.09 bits per heavy atom. The number of benzene rings is 2. The summed E-state index contributed by atoms with van der Waals surface area (Å²) in [6, 6.07) is 15.9. The maximum atomic E-state index is 13.5. The second kappa shape index (κ2) is 10.0. The van der Waals surface area contributed by atoms with E-state index < -0.39 is 35.9 Å². The topological polar surface area (TPSA) is 105 Å². The number of halogens is 2. The lowest BCUT2D eigenvalue weighted by Gasteiger charge is -2.36. The number of carbonyl (C=O) groups is 3. The van der Waals surface area contributed by atoms with Crippen molar-refractivity contribution >= 4 is 18.0 Å². The van der Waals surface area contributed by atoms with E-state index in [4.69, 9.17) is 9.84 Å². The van der Waals surface area contributed by atoms with Crippen molar-refractivity contribution in [3.63, 3.8) is 0 Å². The number of nitrogens with one attached hydrogen (secondary N) is 2. The molecule has 0 bridgehead atoms. The van der Waals surface area contributed by atoms with E-state index in [-0.39, 0.29) is 19.1 Å². The number of ether oxygens (including phenoxy) is 1. The van der Waals surface area contributed by atoms with Gasteiger partial charge in [0.15, 0.2) is 0 Å². The molecule has 0 heterocycles. The quantitative estimate of drug-likeness (QED) is 0.516. The van der Waals surface area contributed by atoms with Gasteiger partial charge in [0.1, 0.15) is 6.61 Å². The molecule has 186 valence electrons. The van der Waals surface area contributed by atoms with E-state index in [1.807, 2.05) is 48.5 Å². The SMILES string of the molecule is O=C(NCC1(C(=O)NCC(F)(F)C(=O)O)CCCCC1)OCC1c2ccccc2-c2ccccc21. The van der Waals surface area contributed by atoms with E-state index in [9.17, 15) is 23.2 Å². The summed E-state index contributed by atoms with van der Waals surface area (Å²) in [6.07, 6.45) is 2.41. The Balaban J connectivity index is 1.37. The zero-order valence-electron chi connectivity index (χ0n) is 19.2.